The number of benzene rings is 1. The number of aryl methyl sites for hydroxylation is 1. The highest BCUT2D eigenvalue weighted by Crippen LogP contribution is 2.19. The standard InChI is InChI=1S/C19H27N3O3/c1-20-11-16(19(24)25)12-21-9-10-22(14-17(21)13-20)18(23)8-7-15-5-3-2-4-6-15/h2-6,16-17H,7-14H2,1H3,(H,24,25)/t16-,17-/m0/s1. The molecule has 3 rings (SSSR count). The zero-order valence-corrected chi connectivity index (χ0v) is 14.8. The van der Waals surface area contributed by atoms with E-state index in [1.807, 2.05) is 30.1 Å². The van der Waals surface area contributed by atoms with Crippen LogP contribution in [0.25, 0.3) is 0 Å². The van der Waals surface area contributed by atoms with E-state index in [0.29, 0.717) is 32.6 Å². The largest absolute Gasteiger partial charge is 0.481 e. The first-order chi connectivity index (χ1) is 12.0. The molecule has 0 radical (unpaired) electrons. The highest BCUT2D eigenvalue weighted by molar-refractivity contribution is 5.76. The van der Waals surface area contributed by atoms with Crippen molar-refractivity contribution in [2.24, 2.45) is 5.92 Å². The molecule has 1 aromatic rings. The third kappa shape index (κ3) is 4.58. The average Bonchev–Trinajstić information content (AvgIpc) is 2.78. The topological polar surface area (TPSA) is 64.1 Å². The summed E-state index contributed by atoms with van der Waals surface area (Å²) in [6.45, 7) is 4.12. The van der Waals surface area contributed by atoms with Gasteiger partial charge in [0, 0.05) is 51.7 Å². The zero-order valence-electron chi connectivity index (χ0n) is 14.8. The van der Waals surface area contributed by atoms with Crippen molar-refractivity contribution in [1.82, 2.24) is 14.7 Å². The van der Waals surface area contributed by atoms with E-state index in [9.17, 15) is 14.7 Å². The highest BCUT2D eigenvalue weighted by atomic mass is 16.4. The Bertz CT molecular complexity index is 607. The molecular weight excluding hydrogens is 318 g/mol. The number of carbonyl (C=O) groups excluding carboxylic acids is 1. The molecule has 25 heavy (non-hydrogen) atoms. The number of rotatable bonds is 4. The van der Waals surface area contributed by atoms with Crippen LogP contribution in [0.2, 0.25) is 0 Å². The maximum Gasteiger partial charge on any atom is 0.309 e. The van der Waals surface area contributed by atoms with Crippen molar-refractivity contribution >= 4 is 11.9 Å². The molecule has 1 amide bonds. The van der Waals surface area contributed by atoms with Gasteiger partial charge in [-0.1, -0.05) is 30.3 Å². The van der Waals surface area contributed by atoms with Gasteiger partial charge in [-0.05, 0) is 19.0 Å². The fourth-order valence-electron chi connectivity index (χ4n) is 3.89. The number of carboxylic acid groups (broad SMARTS) is 1. The fourth-order valence-corrected chi connectivity index (χ4v) is 3.89. The lowest BCUT2D eigenvalue weighted by Crippen LogP contribution is -2.57. The van der Waals surface area contributed by atoms with E-state index in [4.69, 9.17) is 0 Å². The van der Waals surface area contributed by atoms with Gasteiger partial charge in [-0.25, -0.2) is 0 Å². The van der Waals surface area contributed by atoms with Crippen molar-refractivity contribution in [2.45, 2.75) is 18.9 Å². The Morgan fingerprint density at radius 2 is 1.84 bits per heavy atom. The van der Waals surface area contributed by atoms with E-state index in [1.165, 1.54) is 5.56 Å². The minimum atomic E-state index is -0.728. The molecule has 2 saturated heterocycles. The van der Waals surface area contributed by atoms with Crippen LogP contribution in [0.3, 0.4) is 0 Å². The van der Waals surface area contributed by atoms with E-state index in [-0.39, 0.29) is 17.9 Å². The van der Waals surface area contributed by atoms with Gasteiger partial charge in [0.15, 0.2) is 0 Å². The molecule has 0 saturated carbocycles. The van der Waals surface area contributed by atoms with Crippen molar-refractivity contribution in [1.29, 1.82) is 0 Å². The zero-order chi connectivity index (χ0) is 17.8. The number of aliphatic carboxylic acids is 1. The van der Waals surface area contributed by atoms with Gasteiger partial charge < -0.3 is 14.9 Å². The Hall–Kier alpha value is -1.92. The lowest BCUT2D eigenvalue weighted by Gasteiger charge is -2.41. The van der Waals surface area contributed by atoms with Gasteiger partial charge in [-0.15, -0.1) is 0 Å². The molecule has 2 atom stereocenters. The van der Waals surface area contributed by atoms with Crippen LogP contribution in [-0.4, -0.2) is 84.0 Å². The molecule has 0 aromatic heterocycles. The van der Waals surface area contributed by atoms with Crippen molar-refractivity contribution in [3.8, 4) is 0 Å². The Morgan fingerprint density at radius 1 is 1.08 bits per heavy atom. The van der Waals surface area contributed by atoms with Gasteiger partial charge in [0.25, 0.3) is 0 Å². The molecule has 2 heterocycles. The maximum absolute atomic E-state index is 12.6. The molecular formula is C19H27N3O3. The van der Waals surface area contributed by atoms with Crippen molar-refractivity contribution in [3.63, 3.8) is 0 Å². The normalized spacial score (nSPS) is 25.2. The molecule has 0 aliphatic carbocycles. The van der Waals surface area contributed by atoms with Gasteiger partial charge in [0.05, 0.1) is 5.92 Å². The second kappa shape index (κ2) is 7.97. The van der Waals surface area contributed by atoms with Crippen LogP contribution >= 0.6 is 0 Å². The molecule has 0 spiro atoms. The predicted octanol–water partition coefficient (Wildman–Crippen LogP) is 0.778. The molecule has 0 unspecified atom stereocenters. The van der Waals surface area contributed by atoms with Crippen LogP contribution in [0, 0.1) is 5.92 Å². The van der Waals surface area contributed by atoms with Crippen LogP contribution in [-0.2, 0) is 16.0 Å². The number of nitrogens with zero attached hydrogens (tertiary/aromatic N) is 3. The van der Waals surface area contributed by atoms with Crippen LogP contribution in [0.4, 0.5) is 0 Å². The fraction of sp³-hybridized carbons (Fsp3) is 0.579. The summed E-state index contributed by atoms with van der Waals surface area (Å²) in [5.41, 5.74) is 1.19. The third-order valence-electron chi connectivity index (χ3n) is 5.29. The van der Waals surface area contributed by atoms with E-state index >= 15 is 0 Å². The number of likely N-dealkylation sites (N-methyl/N-ethyl adjacent to an activating group) is 1. The van der Waals surface area contributed by atoms with E-state index < -0.39 is 5.97 Å². The van der Waals surface area contributed by atoms with Gasteiger partial charge in [0.2, 0.25) is 5.91 Å². The first-order valence-electron chi connectivity index (χ1n) is 9.00. The first kappa shape index (κ1) is 17.9. The van der Waals surface area contributed by atoms with E-state index in [0.717, 1.165) is 19.5 Å². The summed E-state index contributed by atoms with van der Waals surface area (Å²) in [6, 6.07) is 10.3. The summed E-state index contributed by atoms with van der Waals surface area (Å²) in [5, 5.41) is 9.37. The molecule has 136 valence electrons. The lowest BCUT2D eigenvalue weighted by molar-refractivity contribution is -0.143. The second-order valence-corrected chi connectivity index (χ2v) is 7.23. The number of amides is 1. The summed E-state index contributed by atoms with van der Waals surface area (Å²) in [6.07, 6.45) is 1.30. The molecule has 2 aliphatic heterocycles. The van der Waals surface area contributed by atoms with Crippen LogP contribution in [0.1, 0.15) is 12.0 Å². The first-order valence-corrected chi connectivity index (χ1v) is 9.00. The molecule has 1 N–H and O–H groups in total. The molecule has 2 fully saturated rings. The number of carboxylic acids is 1. The van der Waals surface area contributed by atoms with Crippen LogP contribution < -0.4 is 0 Å². The van der Waals surface area contributed by atoms with Gasteiger partial charge in [0.1, 0.15) is 0 Å². The smallest absolute Gasteiger partial charge is 0.309 e. The molecule has 6 nitrogen and oxygen atoms in total. The van der Waals surface area contributed by atoms with Gasteiger partial charge in [-0.3, -0.25) is 14.5 Å². The number of piperazine rings is 1. The summed E-state index contributed by atoms with van der Waals surface area (Å²) in [7, 11) is 1.97. The summed E-state index contributed by atoms with van der Waals surface area (Å²) in [4.78, 5) is 30.3. The Kier molecular flexibility index (Phi) is 5.71. The van der Waals surface area contributed by atoms with Crippen LogP contribution in [0.5, 0.6) is 0 Å². The molecule has 0 bridgehead atoms. The van der Waals surface area contributed by atoms with Crippen molar-refractivity contribution in [2.75, 3.05) is 46.3 Å². The average molecular weight is 345 g/mol. The minimum Gasteiger partial charge on any atom is -0.481 e. The number of carbonyl (C=O) groups is 2. The Morgan fingerprint density at radius 3 is 2.56 bits per heavy atom. The molecule has 2 aliphatic rings. The van der Waals surface area contributed by atoms with Crippen LogP contribution in [0.15, 0.2) is 30.3 Å². The summed E-state index contributed by atoms with van der Waals surface area (Å²) in [5.74, 6) is -0.880. The summed E-state index contributed by atoms with van der Waals surface area (Å²) >= 11 is 0. The SMILES string of the molecule is CN1C[C@H](C(=O)O)CN2CCN(C(=O)CCc3ccccc3)C[C@@H]2C1. The maximum atomic E-state index is 12.6. The quantitative estimate of drug-likeness (QED) is 0.874. The van der Waals surface area contributed by atoms with Gasteiger partial charge in [-0.2, -0.15) is 0 Å². The second-order valence-electron chi connectivity index (χ2n) is 7.23. The highest BCUT2D eigenvalue weighted by Gasteiger charge is 2.36. The minimum absolute atomic E-state index is 0.199. The summed E-state index contributed by atoms with van der Waals surface area (Å²) < 4.78 is 0. The molecule has 1 aromatic carbocycles. The number of hydrogen-bond acceptors (Lipinski definition) is 4. The molecule has 6 heteroatoms. The Balaban J connectivity index is 1.56. The third-order valence-corrected chi connectivity index (χ3v) is 5.29. The van der Waals surface area contributed by atoms with Gasteiger partial charge >= 0.3 is 5.97 Å². The monoisotopic (exact) mass is 345 g/mol. The lowest BCUT2D eigenvalue weighted by atomic mass is 10.1. The van der Waals surface area contributed by atoms with Crippen molar-refractivity contribution in [3.05, 3.63) is 35.9 Å². The van der Waals surface area contributed by atoms with Crippen molar-refractivity contribution < 1.29 is 14.7 Å². The Labute approximate surface area is 149 Å². The predicted molar refractivity (Wildman–Crippen MR) is 95.3 cm³/mol. The number of fused-ring (bicyclic) bond motifs is 1. The number of hydrogen-bond donors (Lipinski definition) is 1. The van der Waals surface area contributed by atoms with E-state index in [2.05, 4.69) is 21.9 Å². The van der Waals surface area contributed by atoms with E-state index in [1.54, 1.807) is 0 Å².